The molecule has 0 fully saturated rings. The molecule has 11 heteroatoms. The molecule has 0 saturated carbocycles. The van der Waals surface area contributed by atoms with Crippen LogP contribution in [0.3, 0.4) is 0 Å². The smallest absolute Gasteiger partial charge is 0.267 e. The zero-order chi connectivity index (χ0) is 16.6. The van der Waals surface area contributed by atoms with E-state index in [-0.39, 0.29) is 23.3 Å². The predicted octanol–water partition coefficient (Wildman–Crippen LogP) is 0.200. The molecule has 0 aromatic carbocycles. The highest BCUT2D eigenvalue weighted by Gasteiger charge is 2.18. The van der Waals surface area contributed by atoms with E-state index < -0.39 is 10.0 Å². The summed E-state index contributed by atoms with van der Waals surface area (Å²) in [7, 11) is -3.85. The first kappa shape index (κ1) is 16.2. The van der Waals surface area contributed by atoms with E-state index in [2.05, 4.69) is 10.1 Å². The van der Waals surface area contributed by atoms with Gasteiger partial charge < -0.3 is 9.90 Å². The molecule has 3 rings (SSSR count). The minimum atomic E-state index is -3.85. The number of aromatic nitrogens is 3. The van der Waals surface area contributed by atoms with Crippen molar-refractivity contribution in [2.45, 2.75) is 16.7 Å². The molecule has 3 aromatic heterocycles. The highest BCUT2D eigenvalue weighted by atomic mass is 32.2. The number of rotatable bonds is 6. The molecule has 0 bridgehead atoms. The summed E-state index contributed by atoms with van der Waals surface area (Å²) in [6.45, 7) is -0.351. The van der Waals surface area contributed by atoms with Crippen LogP contribution in [0.15, 0.2) is 22.7 Å². The van der Waals surface area contributed by atoms with Gasteiger partial charge in [-0.05, 0) is 18.1 Å². The van der Waals surface area contributed by atoms with Crippen LogP contribution in [0, 0.1) is 0 Å². The lowest BCUT2D eigenvalue weighted by Crippen LogP contribution is -2.15. The number of sulfonamides is 1. The Morgan fingerprint density at radius 1 is 1.39 bits per heavy atom. The maximum Gasteiger partial charge on any atom is 0.267 e. The van der Waals surface area contributed by atoms with E-state index in [0.717, 1.165) is 27.4 Å². The van der Waals surface area contributed by atoms with Gasteiger partial charge in [-0.3, -0.25) is 0 Å². The molecule has 3 aromatic rings. The first-order chi connectivity index (χ1) is 10.9. The molecule has 1 atom stereocenters. The van der Waals surface area contributed by atoms with Gasteiger partial charge in [-0.2, -0.15) is 0 Å². The second kappa shape index (κ2) is 6.09. The minimum Gasteiger partial charge on any atom is -0.854 e. The largest absolute Gasteiger partial charge is 0.854 e. The van der Waals surface area contributed by atoms with Gasteiger partial charge >= 0.3 is 0 Å². The third-order valence-corrected chi connectivity index (χ3v) is 6.63. The summed E-state index contributed by atoms with van der Waals surface area (Å²) in [6.07, 6.45) is 2.54. The van der Waals surface area contributed by atoms with Crippen LogP contribution >= 0.6 is 22.7 Å². The molecule has 2 N–H and O–H groups in total. The molecule has 0 radical (unpaired) electrons. The van der Waals surface area contributed by atoms with Gasteiger partial charge in [0.25, 0.3) is 10.0 Å². The number of thiophene rings is 1. The number of hydrogen-bond donors (Lipinski definition) is 1. The first-order valence-electron chi connectivity index (χ1n) is 6.43. The van der Waals surface area contributed by atoms with Gasteiger partial charge in [-0.25, -0.2) is 23.1 Å². The Hall–Kier alpha value is -1.66. The molecule has 1 unspecified atom stereocenters. The standard InChI is InChI=1S/C12H11N4O4S3/c13-23(19,20)12-15-16-5-8(14-11(16)22-12)10-2-1-9(21-10)7(6-18)3-4-17/h1-2,4-5,7H,3,6H2,(H2,13,19,20)/q-1. The summed E-state index contributed by atoms with van der Waals surface area (Å²) in [5, 5.41) is 20.1. The van der Waals surface area contributed by atoms with Crippen molar-refractivity contribution in [2.75, 3.05) is 6.61 Å². The molecule has 8 nitrogen and oxygen atoms in total. The van der Waals surface area contributed by atoms with Gasteiger partial charge in [0, 0.05) is 11.3 Å². The number of primary sulfonamides is 1. The number of imidazole rings is 1. The van der Waals surface area contributed by atoms with Crippen molar-refractivity contribution >= 4 is 43.9 Å². The molecule has 0 amide bonds. The number of carbonyl (C=O) groups excluding carboxylic acids is 1. The Balaban J connectivity index is 1.93. The van der Waals surface area contributed by atoms with Crippen LogP contribution in [0.25, 0.3) is 15.5 Å². The first-order valence-corrected chi connectivity index (χ1v) is 9.61. The zero-order valence-electron chi connectivity index (χ0n) is 11.6. The van der Waals surface area contributed by atoms with Gasteiger partial charge in [0.1, 0.15) is 12.0 Å². The van der Waals surface area contributed by atoms with Crippen molar-refractivity contribution < 1.29 is 18.3 Å². The van der Waals surface area contributed by atoms with Gasteiger partial charge in [0.05, 0.1) is 11.1 Å². The Kier molecular flexibility index (Phi) is 4.29. The van der Waals surface area contributed by atoms with E-state index >= 15 is 0 Å². The highest BCUT2D eigenvalue weighted by molar-refractivity contribution is 7.91. The Morgan fingerprint density at radius 2 is 2.17 bits per heavy atom. The second-order valence-corrected chi connectivity index (χ2v) is 8.54. The molecule has 0 saturated heterocycles. The van der Waals surface area contributed by atoms with Crippen LogP contribution in [0.1, 0.15) is 17.2 Å². The lowest BCUT2D eigenvalue weighted by atomic mass is 10.1. The minimum absolute atomic E-state index is 0.195. The van der Waals surface area contributed by atoms with Crippen LogP contribution in [0.4, 0.5) is 0 Å². The topological polar surface area (TPSA) is 130 Å². The fourth-order valence-corrected chi connectivity index (χ4v) is 4.57. The van der Waals surface area contributed by atoms with Crippen LogP contribution in [-0.2, 0) is 14.8 Å². The van der Waals surface area contributed by atoms with Crippen LogP contribution in [0.5, 0.6) is 0 Å². The number of carbonyl (C=O) groups is 1. The molecule has 0 aliphatic carbocycles. The average molecular weight is 371 g/mol. The molecule has 0 spiro atoms. The molecule has 23 heavy (non-hydrogen) atoms. The SMILES string of the molecule is NS(=O)(=O)c1nn2cc(-c3ccc(C(C[O-])CC=O)s3)nc2s1. The van der Waals surface area contributed by atoms with E-state index in [1.54, 1.807) is 6.20 Å². The quantitative estimate of drug-likeness (QED) is 0.616. The maximum atomic E-state index is 11.3. The summed E-state index contributed by atoms with van der Waals surface area (Å²) in [4.78, 5) is 17.0. The molecule has 122 valence electrons. The lowest BCUT2D eigenvalue weighted by molar-refractivity contribution is -0.372. The fourth-order valence-electron chi connectivity index (χ4n) is 2.01. The van der Waals surface area contributed by atoms with E-state index in [1.165, 1.54) is 15.9 Å². The summed E-state index contributed by atoms with van der Waals surface area (Å²) in [5.41, 5.74) is 0.622. The van der Waals surface area contributed by atoms with Gasteiger partial charge in [-0.1, -0.05) is 11.3 Å². The molecule has 0 aliphatic heterocycles. The summed E-state index contributed by atoms with van der Waals surface area (Å²) >= 11 is 2.27. The van der Waals surface area contributed by atoms with Crippen molar-refractivity contribution in [1.82, 2.24) is 14.6 Å². The van der Waals surface area contributed by atoms with E-state index in [9.17, 15) is 18.3 Å². The van der Waals surface area contributed by atoms with Gasteiger partial charge in [0.15, 0.2) is 0 Å². The second-order valence-electron chi connectivity index (χ2n) is 4.73. The van der Waals surface area contributed by atoms with Crippen LogP contribution in [0.2, 0.25) is 0 Å². The number of nitrogens with zero attached hydrogens (tertiary/aromatic N) is 3. The Morgan fingerprint density at radius 3 is 2.78 bits per heavy atom. The molecular weight excluding hydrogens is 360 g/mol. The Labute approximate surface area is 139 Å². The van der Waals surface area contributed by atoms with Crippen LogP contribution in [-0.4, -0.2) is 35.9 Å². The molecule has 0 aliphatic rings. The summed E-state index contributed by atoms with van der Waals surface area (Å²) in [6, 6.07) is 3.63. The van der Waals surface area contributed by atoms with Crippen molar-refractivity contribution in [2.24, 2.45) is 5.14 Å². The Bertz CT molecular complexity index is 925. The van der Waals surface area contributed by atoms with Crippen molar-refractivity contribution in [3.05, 3.63) is 23.2 Å². The van der Waals surface area contributed by atoms with E-state index in [0.29, 0.717) is 10.7 Å². The van der Waals surface area contributed by atoms with Crippen molar-refractivity contribution in [3.63, 3.8) is 0 Å². The summed E-state index contributed by atoms with van der Waals surface area (Å²) in [5.74, 6) is -0.331. The van der Waals surface area contributed by atoms with Gasteiger partial charge in [0.2, 0.25) is 9.30 Å². The maximum absolute atomic E-state index is 11.3. The van der Waals surface area contributed by atoms with Crippen molar-refractivity contribution in [1.29, 1.82) is 0 Å². The normalized spacial score (nSPS) is 13.5. The zero-order valence-corrected chi connectivity index (χ0v) is 14.0. The number of aldehydes is 1. The molecular formula is C12H11N4O4S3-. The number of nitrogens with two attached hydrogens (primary N) is 1. The number of fused-ring (bicyclic) bond motifs is 1. The fraction of sp³-hybridized carbons (Fsp3) is 0.250. The highest BCUT2D eigenvalue weighted by Crippen LogP contribution is 2.33. The average Bonchev–Trinajstić information content (AvgIpc) is 3.16. The van der Waals surface area contributed by atoms with Crippen LogP contribution < -0.4 is 10.2 Å². The van der Waals surface area contributed by atoms with Crippen molar-refractivity contribution in [3.8, 4) is 10.6 Å². The van der Waals surface area contributed by atoms with E-state index in [4.69, 9.17) is 5.14 Å². The summed E-state index contributed by atoms with van der Waals surface area (Å²) < 4.78 is 23.7. The predicted molar refractivity (Wildman–Crippen MR) is 83.8 cm³/mol. The lowest BCUT2D eigenvalue weighted by Gasteiger charge is -2.14. The molecule has 3 heterocycles. The third kappa shape index (κ3) is 3.19. The third-order valence-electron chi connectivity index (χ3n) is 3.13. The number of hydrogen-bond acceptors (Lipinski definition) is 8. The van der Waals surface area contributed by atoms with E-state index in [1.807, 2.05) is 12.1 Å². The van der Waals surface area contributed by atoms with Gasteiger partial charge in [-0.15, -0.1) is 23.0 Å². The monoisotopic (exact) mass is 371 g/mol.